The molecule has 6 nitrogen and oxygen atoms in total. The highest BCUT2D eigenvalue weighted by molar-refractivity contribution is 7.87. The lowest BCUT2D eigenvalue weighted by Crippen LogP contribution is -2.12. The van der Waals surface area contributed by atoms with E-state index in [2.05, 4.69) is 31.1 Å². The average molecular weight is 385 g/mol. The molecule has 0 aliphatic heterocycles. The van der Waals surface area contributed by atoms with Crippen molar-refractivity contribution in [2.45, 2.75) is 39.0 Å². The van der Waals surface area contributed by atoms with Gasteiger partial charge in [-0.1, -0.05) is 55.8 Å². The highest BCUT2D eigenvalue weighted by atomic mass is 32.2. The number of benzene rings is 2. The van der Waals surface area contributed by atoms with Crippen LogP contribution in [0.25, 0.3) is 16.9 Å². The summed E-state index contributed by atoms with van der Waals surface area (Å²) in [5, 5.41) is 8.19. The fourth-order valence-electron chi connectivity index (χ4n) is 2.45. The van der Waals surface area contributed by atoms with Crippen molar-refractivity contribution in [3.05, 3.63) is 60.2 Å². The second-order valence-electron chi connectivity index (χ2n) is 7.65. The van der Waals surface area contributed by atoms with Crippen LogP contribution in [0.1, 0.15) is 32.8 Å². The Hall–Kier alpha value is -2.67. The summed E-state index contributed by atoms with van der Waals surface area (Å²) in [6, 6.07) is 13.9. The van der Waals surface area contributed by atoms with Crippen LogP contribution in [0.3, 0.4) is 0 Å². The van der Waals surface area contributed by atoms with Crippen LogP contribution in [0.4, 0.5) is 0 Å². The monoisotopic (exact) mass is 385 g/mol. The van der Waals surface area contributed by atoms with Crippen molar-refractivity contribution < 1.29 is 12.6 Å². The standard InChI is InChI=1S/C20H23N3O3S/c1-15-9-11-16(12-10-15)27(24,25)26-19(13-14-20(2,3)4)23-18-8-6-5-7-17(18)21-22-23/h5-13H,14H2,1-4H3/b19-13-. The molecule has 0 saturated carbocycles. The van der Waals surface area contributed by atoms with E-state index in [-0.39, 0.29) is 16.2 Å². The van der Waals surface area contributed by atoms with Gasteiger partial charge in [-0.15, -0.1) is 5.10 Å². The summed E-state index contributed by atoms with van der Waals surface area (Å²) in [6.45, 7) is 8.09. The molecule has 0 saturated heterocycles. The first-order valence-electron chi connectivity index (χ1n) is 8.68. The molecule has 0 atom stereocenters. The molecule has 142 valence electrons. The van der Waals surface area contributed by atoms with Gasteiger partial charge in [0.1, 0.15) is 10.4 Å². The highest BCUT2D eigenvalue weighted by Crippen LogP contribution is 2.26. The van der Waals surface area contributed by atoms with E-state index in [9.17, 15) is 8.42 Å². The number of allylic oxidation sites excluding steroid dienone is 1. The number of aromatic nitrogens is 3. The molecule has 0 bridgehead atoms. The predicted octanol–water partition coefficient (Wildman–Crippen LogP) is 4.38. The molecule has 3 rings (SSSR count). The number of para-hydroxylation sites is 1. The van der Waals surface area contributed by atoms with Gasteiger partial charge in [-0.2, -0.15) is 13.1 Å². The molecule has 0 fully saturated rings. The van der Waals surface area contributed by atoms with Gasteiger partial charge >= 0.3 is 10.1 Å². The van der Waals surface area contributed by atoms with Gasteiger partial charge in [0.25, 0.3) is 0 Å². The Bertz CT molecular complexity index is 1080. The van der Waals surface area contributed by atoms with Crippen molar-refractivity contribution in [3.8, 4) is 0 Å². The zero-order valence-electron chi connectivity index (χ0n) is 15.9. The van der Waals surface area contributed by atoms with Crippen LogP contribution in [0.2, 0.25) is 0 Å². The van der Waals surface area contributed by atoms with Crippen molar-refractivity contribution >= 4 is 27.0 Å². The molecule has 0 radical (unpaired) electrons. The Balaban J connectivity index is 2.04. The smallest absolute Gasteiger partial charge is 0.340 e. The summed E-state index contributed by atoms with van der Waals surface area (Å²) in [5.41, 5.74) is 2.27. The van der Waals surface area contributed by atoms with Crippen LogP contribution in [-0.2, 0) is 14.3 Å². The third kappa shape index (κ3) is 4.54. The van der Waals surface area contributed by atoms with Crippen LogP contribution in [0, 0.1) is 12.3 Å². The summed E-state index contributed by atoms with van der Waals surface area (Å²) in [7, 11) is -4.00. The molecule has 0 amide bonds. The second kappa shape index (κ2) is 7.15. The Morgan fingerprint density at radius 2 is 1.78 bits per heavy atom. The number of nitrogens with zero attached hydrogens (tertiary/aromatic N) is 3. The van der Waals surface area contributed by atoms with Crippen LogP contribution < -0.4 is 0 Å². The largest absolute Gasteiger partial charge is 0.358 e. The number of hydrogen-bond acceptors (Lipinski definition) is 5. The molecule has 2 aromatic carbocycles. The van der Waals surface area contributed by atoms with Gasteiger partial charge in [0.15, 0.2) is 0 Å². The Labute approximate surface area is 159 Å². The molecule has 0 spiro atoms. The minimum Gasteiger partial charge on any atom is -0.358 e. The quantitative estimate of drug-likeness (QED) is 0.481. The molecule has 0 N–H and O–H groups in total. The fraction of sp³-hybridized carbons (Fsp3) is 0.300. The molecule has 0 aliphatic carbocycles. The van der Waals surface area contributed by atoms with Gasteiger partial charge in [-0.25, -0.2) is 0 Å². The van der Waals surface area contributed by atoms with Gasteiger partial charge in [-0.3, -0.25) is 0 Å². The summed E-state index contributed by atoms with van der Waals surface area (Å²) < 4.78 is 32.5. The van der Waals surface area contributed by atoms with E-state index >= 15 is 0 Å². The van der Waals surface area contributed by atoms with Gasteiger partial charge < -0.3 is 4.18 Å². The van der Waals surface area contributed by atoms with Crippen molar-refractivity contribution in [2.24, 2.45) is 5.41 Å². The van der Waals surface area contributed by atoms with Crippen LogP contribution >= 0.6 is 0 Å². The van der Waals surface area contributed by atoms with Crippen molar-refractivity contribution in [1.29, 1.82) is 0 Å². The van der Waals surface area contributed by atoms with E-state index < -0.39 is 10.1 Å². The van der Waals surface area contributed by atoms with Gasteiger partial charge in [0.2, 0.25) is 5.88 Å². The Kier molecular flexibility index (Phi) is 5.06. The average Bonchev–Trinajstić information content (AvgIpc) is 3.02. The molecular formula is C20H23N3O3S. The molecule has 27 heavy (non-hydrogen) atoms. The molecule has 1 heterocycles. The normalized spacial score (nSPS) is 13.1. The Morgan fingerprint density at radius 1 is 1.11 bits per heavy atom. The number of rotatable bonds is 5. The zero-order valence-corrected chi connectivity index (χ0v) is 16.7. The van der Waals surface area contributed by atoms with E-state index in [1.807, 2.05) is 31.2 Å². The first kappa shape index (κ1) is 19.1. The zero-order chi connectivity index (χ0) is 19.7. The summed E-state index contributed by atoms with van der Waals surface area (Å²) >= 11 is 0. The SMILES string of the molecule is Cc1ccc(S(=O)(=O)O/C(=C\CC(C)(C)C)n2nnc3ccccc32)cc1. The predicted molar refractivity (Wildman–Crippen MR) is 105 cm³/mol. The Morgan fingerprint density at radius 3 is 2.44 bits per heavy atom. The molecule has 1 aromatic heterocycles. The maximum atomic E-state index is 12.8. The first-order chi connectivity index (χ1) is 12.7. The van der Waals surface area contributed by atoms with Crippen molar-refractivity contribution in [1.82, 2.24) is 15.0 Å². The van der Waals surface area contributed by atoms with Gasteiger partial charge in [0.05, 0.1) is 5.52 Å². The lowest BCUT2D eigenvalue weighted by molar-refractivity contribution is 0.404. The topological polar surface area (TPSA) is 74.1 Å². The molecule has 0 unspecified atom stereocenters. The maximum absolute atomic E-state index is 12.8. The van der Waals surface area contributed by atoms with E-state index in [1.165, 1.54) is 16.8 Å². The van der Waals surface area contributed by atoms with Crippen LogP contribution in [0.5, 0.6) is 0 Å². The lowest BCUT2D eigenvalue weighted by Gasteiger charge is -2.17. The highest BCUT2D eigenvalue weighted by Gasteiger charge is 2.22. The van der Waals surface area contributed by atoms with Crippen LogP contribution in [0.15, 0.2) is 59.5 Å². The van der Waals surface area contributed by atoms with Gasteiger partial charge in [0, 0.05) is 0 Å². The second-order valence-corrected chi connectivity index (χ2v) is 9.19. The lowest BCUT2D eigenvalue weighted by atomic mass is 9.92. The van der Waals surface area contributed by atoms with E-state index in [0.29, 0.717) is 17.5 Å². The first-order valence-corrected chi connectivity index (χ1v) is 10.1. The van der Waals surface area contributed by atoms with Crippen LogP contribution in [-0.4, -0.2) is 23.4 Å². The molecule has 0 aliphatic rings. The fourth-order valence-corrected chi connectivity index (χ4v) is 3.38. The van der Waals surface area contributed by atoms with Gasteiger partial charge in [-0.05, 0) is 49.1 Å². The summed E-state index contributed by atoms with van der Waals surface area (Å²) in [6.07, 6.45) is 2.35. The molecule has 7 heteroatoms. The number of hydrogen-bond donors (Lipinski definition) is 0. The minimum atomic E-state index is -4.00. The minimum absolute atomic E-state index is 0.0430. The van der Waals surface area contributed by atoms with Crippen molar-refractivity contribution in [2.75, 3.05) is 0 Å². The summed E-state index contributed by atoms with van der Waals surface area (Å²) in [4.78, 5) is 0.0965. The summed E-state index contributed by atoms with van der Waals surface area (Å²) in [5.74, 6) is 0.124. The third-order valence-electron chi connectivity index (χ3n) is 3.95. The maximum Gasteiger partial charge on any atom is 0.340 e. The van der Waals surface area contributed by atoms with E-state index in [0.717, 1.165) is 5.56 Å². The molecular weight excluding hydrogens is 362 g/mol. The number of fused-ring (bicyclic) bond motifs is 1. The third-order valence-corrected chi connectivity index (χ3v) is 5.19. The van der Waals surface area contributed by atoms with E-state index in [4.69, 9.17) is 4.18 Å². The molecule has 3 aromatic rings. The van der Waals surface area contributed by atoms with Crippen molar-refractivity contribution in [3.63, 3.8) is 0 Å². The number of aryl methyl sites for hydroxylation is 1. The van der Waals surface area contributed by atoms with E-state index in [1.54, 1.807) is 18.2 Å².